The highest BCUT2D eigenvalue weighted by Crippen LogP contribution is 2.30. The molecule has 0 aliphatic carbocycles. The van der Waals surface area contributed by atoms with Gasteiger partial charge in [0, 0.05) is 31.2 Å². The first-order valence-corrected chi connectivity index (χ1v) is 9.90. The first kappa shape index (κ1) is 18.9. The molecule has 1 aliphatic rings. The van der Waals surface area contributed by atoms with Gasteiger partial charge in [0.1, 0.15) is 0 Å². The maximum Gasteiger partial charge on any atom is 0.240 e. The normalized spacial score (nSPS) is 15.2. The number of hydrogen-bond donors (Lipinski definition) is 2. The number of nitrogens with one attached hydrogen (secondary N) is 1. The van der Waals surface area contributed by atoms with Crippen LogP contribution in [0.15, 0.2) is 23.1 Å². The number of carbonyl (C=O) groups excluding carboxylic acids is 1. The minimum Gasteiger partial charge on any atom is -0.324 e. The summed E-state index contributed by atoms with van der Waals surface area (Å²) >= 11 is 0. The molecule has 0 spiro atoms. The number of nitrogens with zero attached hydrogens (tertiary/aromatic N) is 1. The van der Waals surface area contributed by atoms with Gasteiger partial charge >= 0.3 is 0 Å². The Morgan fingerprint density at radius 1 is 1.33 bits per heavy atom. The molecule has 0 radical (unpaired) electrons. The Balaban J connectivity index is 2.28. The first-order chi connectivity index (χ1) is 11.2. The van der Waals surface area contributed by atoms with Crippen molar-refractivity contribution in [1.82, 2.24) is 4.72 Å². The van der Waals surface area contributed by atoms with Gasteiger partial charge in [0.25, 0.3) is 0 Å². The van der Waals surface area contributed by atoms with Crippen LogP contribution in [0.3, 0.4) is 0 Å². The topological polar surface area (TPSA) is 92.5 Å². The lowest BCUT2D eigenvalue weighted by atomic mass is 9.95. The number of carbonyl (C=O) groups is 1. The number of fused-ring (bicyclic) bond motifs is 1. The van der Waals surface area contributed by atoms with Crippen molar-refractivity contribution in [3.63, 3.8) is 0 Å². The first-order valence-electron chi connectivity index (χ1n) is 8.42. The van der Waals surface area contributed by atoms with Crippen molar-refractivity contribution in [2.45, 2.75) is 56.9 Å². The quantitative estimate of drug-likeness (QED) is 0.815. The minimum absolute atomic E-state index is 0.0728. The number of rotatable bonds is 6. The predicted molar refractivity (Wildman–Crippen MR) is 95.5 cm³/mol. The summed E-state index contributed by atoms with van der Waals surface area (Å²) in [5.74, 6) is -0.0728. The van der Waals surface area contributed by atoms with E-state index in [-0.39, 0.29) is 17.3 Å². The van der Waals surface area contributed by atoms with E-state index in [1.807, 2.05) is 13.8 Å². The van der Waals surface area contributed by atoms with E-state index in [4.69, 9.17) is 5.73 Å². The Morgan fingerprint density at radius 3 is 2.58 bits per heavy atom. The van der Waals surface area contributed by atoms with Gasteiger partial charge in [-0.1, -0.05) is 19.9 Å². The molecule has 24 heavy (non-hydrogen) atoms. The van der Waals surface area contributed by atoms with Crippen molar-refractivity contribution < 1.29 is 13.2 Å². The molecule has 6 nitrogen and oxygen atoms in total. The number of anilines is 1. The molecule has 1 aromatic rings. The van der Waals surface area contributed by atoms with Crippen LogP contribution in [0.5, 0.6) is 0 Å². The van der Waals surface area contributed by atoms with Crippen molar-refractivity contribution in [2.24, 2.45) is 5.73 Å². The Bertz CT molecular complexity index is 712. The average Bonchev–Trinajstić information content (AvgIpc) is 2.58. The van der Waals surface area contributed by atoms with E-state index in [2.05, 4.69) is 4.72 Å². The smallest absolute Gasteiger partial charge is 0.240 e. The molecule has 0 saturated heterocycles. The third-order valence-electron chi connectivity index (χ3n) is 4.89. The van der Waals surface area contributed by atoms with E-state index >= 15 is 0 Å². The van der Waals surface area contributed by atoms with Crippen LogP contribution in [0.25, 0.3) is 0 Å². The molecular formula is C17H27N3O3S. The second-order valence-electron chi connectivity index (χ2n) is 6.46. The fourth-order valence-corrected chi connectivity index (χ4v) is 4.03. The molecule has 0 saturated carbocycles. The van der Waals surface area contributed by atoms with Gasteiger partial charge in [0.05, 0.1) is 4.90 Å². The van der Waals surface area contributed by atoms with Gasteiger partial charge in [0.2, 0.25) is 15.9 Å². The molecule has 0 atom stereocenters. The Hall–Kier alpha value is -1.44. The van der Waals surface area contributed by atoms with Crippen molar-refractivity contribution in [3.05, 3.63) is 23.8 Å². The van der Waals surface area contributed by atoms with E-state index in [0.717, 1.165) is 18.4 Å². The van der Waals surface area contributed by atoms with Crippen LogP contribution in [0.2, 0.25) is 0 Å². The molecule has 0 aromatic heterocycles. The van der Waals surface area contributed by atoms with E-state index in [1.54, 1.807) is 23.1 Å². The fraction of sp³-hybridized carbons (Fsp3) is 0.588. The van der Waals surface area contributed by atoms with Crippen molar-refractivity contribution in [1.29, 1.82) is 0 Å². The highest BCUT2D eigenvalue weighted by molar-refractivity contribution is 7.89. The molecule has 0 fully saturated rings. The Kier molecular flexibility index (Phi) is 5.67. The second-order valence-corrected chi connectivity index (χ2v) is 8.23. The second kappa shape index (κ2) is 7.21. The molecule has 7 heteroatoms. The van der Waals surface area contributed by atoms with Gasteiger partial charge in [-0.15, -0.1) is 0 Å². The molecule has 1 aromatic carbocycles. The Morgan fingerprint density at radius 2 is 2.00 bits per heavy atom. The zero-order valence-electron chi connectivity index (χ0n) is 14.6. The van der Waals surface area contributed by atoms with Crippen LogP contribution in [0.1, 0.15) is 45.6 Å². The third-order valence-corrected chi connectivity index (χ3v) is 6.29. The maximum absolute atomic E-state index is 12.6. The lowest BCUT2D eigenvalue weighted by molar-refractivity contribution is -0.116. The molecule has 1 aliphatic heterocycles. The SMILES string of the molecule is CCC(N)(CC)CNS(=O)(=O)c1ccc2c(c1)N(C(C)=O)CCC2. The summed E-state index contributed by atoms with van der Waals surface area (Å²) in [6, 6.07) is 4.99. The molecular weight excluding hydrogens is 326 g/mol. The van der Waals surface area contributed by atoms with Crippen LogP contribution in [-0.4, -0.2) is 33.0 Å². The molecule has 0 unspecified atom stereocenters. The van der Waals surface area contributed by atoms with Crippen LogP contribution >= 0.6 is 0 Å². The molecule has 1 amide bonds. The number of amides is 1. The number of hydrogen-bond acceptors (Lipinski definition) is 4. The summed E-state index contributed by atoms with van der Waals surface area (Å²) in [5, 5.41) is 0. The lowest BCUT2D eigenvalue weighted by Crippen LogP contribution is -2.49. The van der Waals surface area contributed by atoms with Crippen molar-refractivity contribution >= 4 is 21.6 Å². The average molecular weight is 353 g/mol. The summed E-state index contributed by atoms with van der Waals surface area (Å²) in [6.45, 7) is 6.20. The summed E-state index contributed by atoms with van der Waals surface area (Å²) in [6.07, 6.45) is 3.12. The standard InChI is InChI=1S/C17H27N3O3S/c1-4-17(18,5-2)12-19-24(22,23)15-9-8-14-7-6-10-20(13(3)21)16(14)11-15/h8-9,11,19H,4-7,10,12,18H2,1-3H3. The number of benzene rings is 1. The summed E-state index contributed by atoms with van der Waals surface area (Å²) < 4.78 is 27.8. The molecule has 134 valence electrons. The highest BCUT2D eigenvalue weighted by atomic mass is 32.2. The van der Waals surface area contributed by atoms with Gasteiger partial charge in [0.15, 0.2) is 0 Å². The van der Waals surface area contributed by atoms with E-state index in [9.17, 15) is 13.2 Å². The Labute approximate surface area is 144 Å². The van der Waals surface area contributed by atoms with Crippen molar-refractivity contribution in [2.75, 3.05) is 18.0 Å². The minimum atomic E-state index is -3.66. The fourth-order valence-electron chi connectivity index (χ4n) is 2.87. The third kappa shape index (κ3) is 3.96. The summed E-state index contributed by atoms with van der Waals surface area (Å²) in [7, 11) is -3.66. The van der Waals surface area contributed by atoms with Gasteiger partial charge in [-0.25, -0.2) is 13.1 Å². The number of nitrogens with two attached hydrogens (primary N) is 1. The van der Waals surface area contributed by atoms with Crippen LogP contribution in [0, 0.1) is 0 Å². The van der Waals surface area contributed by atoms with E-state index < -0.39 is 15.6 Å². The van der Waals surface area contributed by atoms with Gasteiger partial charge in [-0.05, 0) is 43.4 Å². The summed E-state index contributed by atoms with van der Waals surface area (Å²) in [4.78, 5) is 13.6. The van der Waals surface area contributed by atoms with Gasteiger partial charge < -0.3 is 10.6 Å². The summed E-state index contributed by atoms with van der Waals surface area (Å²) in [5.41, 5.74) is 7.33. The number of aryl methyl sites for hydroxylation is 1. The van der Waals surface area contributed by atoms with E-state index in [1.165, 1.54) is 6.92 Å². The molecule has 3 N–H and O–H groups in total. The van der Waals surface area contributed by atoms with Gasteiger partial charge in [-0.2, -0.15) is 0 Å². The predicted octanol–water partition coefficient (Wildman–Crippen LogP) is 1.78. The van der Waals surface area contributed by atoms with Crippen LogP contribution in [0.4, 0.5) is 5.69 Å². The number of sulfonamides is 1. The maximum atomic E-state index is 12.6. The molecule has 0 bridgehead atoms. The highest BCUT2D eigenvalue weighted by Gasteiger charge is 2.26. The van der Waals surface area contributed by atoms with Crippen LogP contribution < -0.4 is 15.4 Å². The zero-order valence-corrected chi connectivity index (χ0v) is 15.4. The van der Waals surface area contributed by atoms with Gasteiger partial charge in [-0.3, -0.25) is 4.79 Å². The monoisotopic (exact) mass is 353 g/mol. The van der Waals surface area contributed by atoms with E-state index in [0.29, 0.717) is 25.1 Å². The largest absolute Gasteiger partial charge is 0.324 e. The lowest BCUT2D eigenvalue weighted by Gasteiger charge is -2.29. The molecule has 1 heterocycles. The zero-order chi connectivity index (χ0) is 18.0. The molecule has 2 rings (SSSR count). The van der Waals surface area contributed by atoms with Crippen molar-refractivity contribution in [3.8, 4) is 0 Å². The van der Waals surface area contributed by atoms with Crippen LogP contribution in [-0.2, 0) is 21.2 Å².